The van der Waals surface area contributed by atoms with E-state index in [1.165, 1.54) is 0 Å². The van der Waals surface area contributed by atoms with Gasteiger partial charge in [0.15, 0.2) is 11.3 Å². The molecule has 0 aliphatic carbocycles. The standard InChI is InChI=1S/C16H13NO4/c1-19-13-7-5-12(6-8-13)17-16(18)21-14-4-2-3-11-9-10-20-15(11)14/h2-10H,1H3,(H,17,18). The van der Waals surface area contributed by atoms with Crippen molar-refractivity contribution in [3.8, 4) is 11.5 Å². The van der Waals surface area contributed by atoms with E-state index in [0.29, 0.717) is 22.8 Å². The van der Waals surface area contributed by atoms with E-state index in [2.05, 4.69) is 5.32 Å². The molecule has 5 heteroatoms. The smallest absolute Gasteiger partial charge is 0.417 e. The molecule has 0 atom stereocenters. The van der Waals surface area contributed by atoms with Gasteiger partial charge in [-0.05, 0) is 36.4 Å². The normalized spacial score (nSPS) is 10.3. The second-order valence-electron chi connectivity index (χ2n) is 4.34. The highest BCUT2D eigenvalue weighted by atomic mass is 16.6. The number of ether oxygens (including phenoxy) is 2. The maximum Gasteiger partial charge on any atom is 0.417 e. The van der Waals surface area contributed by atoms with Gasteiger partial charge in [-0.3, -0.25) is 5.32 Å². The van der Waals surface area contributed by atoms with Gasteiger partial charge in [-0.15, -0.1) is 0 Å². The molecule has 5 nitrogen and oxygen atoms in total. The van der Waals surface area contributed by atoms with E-state index in [1.807, 2.05) is 12.1 Å². The molecule has 0 saturated heterocycles. The molecule has 1 N–H and O–H groups in total. The summed E-state index contributed by atoms with van der Waals surface area (Å²) in [5, 5.41) is 3.52. The summed E-state index contributed by atoms with van der Waals surface area (Å²) in [5.41, 5.74) is 1.16. The SMILES string of the molecule is COc1ccc(NC(=O)Oc2cccc3ccoc23)cc1. The number of methoxy groups -OCH3 is 1. The molecule has 0 radical (unpaired) electrons. The molecule has 2 aromatic carbocycles. The van der Waals surface area contributed by atoms with E-state index >= 15 is 0 Å². The lowest BCUT2D eigenvalue weighted by atomic mass is 10.2. The molecule has 0 bridgehead atoms. The first-order valence-corrected chi connectivity index (χ1v) is 6.35. The van der Waals surface area contributed by atoms with Gasteiger partial charge >= 0.3 is 6.09 Å². The monoisotopic (exact) mass is 283 g/mol. The Morgan fingerprint density at radius 1 is 1.10 bits per heavy atom. The zero-order valence-corrected chi connectivity index (χ0v) is 11.3. The molecule has 0 unspecified atom stereocenters. The Morgan fingerprint density at radius 3 is 2.67 bits per heavy atom. The van der Waals surface area contributed by atoms with Crippen LogP contribution in [0.5, 0.6) is 11.5 Å². The Kier molecular flexibility index (Phi) is 3.47. The molecule has 106 valence electrons. The van der Waals surface area contributed by atoms with Crippen molar-refractivity contribution in [1.82, 2.24) is 0 Å². The second kappa shape index (κ2) is 5.58. The summed E-state index contributed by atoms with van der Waals surface area (Å²) in [6.07, 6.45) is 0.975. The van der Waals surface area contributed by atoms with Crippen molar-refractivity contribution in [3.63, 3.8) is 0 Å². The summed E-state index contributed by atoms with van der Waals surface area (Å²) < 4.78 is 15.6. The molecule has 21 heavy (non-hydrogen) atoms. The van der Waals surface area contributed by atoms with E-state index in [4.69, 9.17) is 13.9 Å². The number of rotatable bonds is 3. The number of nitrogens with one attached hydrogen (secondary N) is 1. The van der Waals surface area contributed by atoms with Crippen LogP contribution in [0.1, 0.15) is 0 Å². The second-order valence-corrected chi connectivity index (χ2v) is 4.34. The van der Waals surface area contributed by atoms with Crippen molar-refractivity contribution in [2.75, 3.05) is 12.4 Å². The molecule has 0 aliphatic rings. The lowest BCUT2D eigenvalue weighted by molar-refractivity contribution is 0.215. The molecular weight excluding hydrogens is 270 g/mol. The number of carbonyl (C=O) groups is 1. The highest BCUT2D eigenvalue weighted by Gasteiger charge is 2.10. The number of hydrogen-bond acceptors (Lipinski definition) is 4. The highest BCUT2D eigenvalue weighted by molar-refractivity contribution is 5.90. The Labute approximate surface area is 121 Å². The van der Waals surface area contributed by atoms with Crippen molar-refractivity contribution >= 4 is 22.7 Å². The molecule has 3 rings (SSSR count). The van der Waals surface area contributed by atoms with Crippen LogP contribution in [0.3, 0.4) is 0 Å². The molecule has 3 aromatic rings. The minimum absolute atomic E-state index is 0.378. The van der Waals surface area contributed by atoms with Crippen LogP contribution < -0.4 is 14.8 Å². The number of furan rings is 1. The average molecular weight is 283 g/mol. The van der Waals surface area contributed by atoms with Gasteiger partial charge in [-0.25, -0.2) is 4.79 Å². The van der Waals surface area contributed by atoms with Gasteiger partial charge < -0.3 is 13.9 Å². The van der Waals surface area contributed by atoms with Crippen molar-refractivity contribution < 1.29 is 18.7 Å². The molecule has 0 saturated carbocycles. The van der Waals surface area contributed by atoms with Gasteiger partial charge in [-0.1, -0.05) is 12.1 Å². The van der Waals surface area contributed by atoms with Crippen molar-refractivity contribution in [1.29, 1.82) is 0 Å². The van der Waals surface area contributed by atoms with Gasteiger partial charge in [0.25, 0.3) is 0 Å². The summed E-state index contributed by atoms with van der Waals surface area (Å²) in [6.45, 7) is 0. The third-order valence-electron chi connectivity index (χ3n) is 2.98. The van der Waals surface area contributed by atoms with Crippen LogP contribution >= 0.6 is 0 Å². The molecule has 1 amide bonds. The van der Waals surface area contributed by atoms with E-state index < -0.39 is 6.09 Å². The predicted octanol–water partition coefficient (Wildman–Crippen LogP) is 4.05. The first-order valence-electron chi connectivity index (χ1n) is 6.35. The van der Waals surface area contributed by atoms with Gasteiger partial charge in [-0.2, -0.15) is 0 Å². The first kappa shape index (κ1) is 13.1. The number of carbonyl (C=O) groups excluding carboxylic acids is 1. The van der Waals surface area contributed by atoms with Crippen LogP contribution in [0.25, 0.3) is 11.0 Å². The first-order chi connectivity index (χ1) is 10.3. The Morgan fingerprint density at radius 2 is 1.90 bits per heavy atom. The van der Waals surface area contributed by atoms with Crippen LogP contribution in [0.15, 0.2) is 59.2 Å². The number of hydrogen-bond donors (Lipinski definition) is 1. The van der Waals surface area contributed by atoms with Gasteiger partial charge in [0, 0.05) is 11.1 Å². The Bertz CT molecular complexity index is 761. The maximum atomic E-state index is 11.9. The van der Waals surface area contributed by atoms with Crippen molar-refractivity contribution in [3.05, 3.63) is 54.8 Å². The third kappa shape index (κ3) is 2.81. The number of benzene rings is 2. The fraction of sp³-hybridized carbons (Fsp3) is 0.0625. The van der Waals surface area contributed by atoms with Gasteiger partial charge in [0.2, 0.25) is 0 Å². The average Bonchev–Trinajstić information content (AvgIpc) is 2.97. The number of para-hydroxylation sites is 1. The molecule has 0 aliphatic heterocycles. The van der Waals surface area contributed by atoms with Crippen LogP contribution in [-0.2, 0) is 0 Å². The Balaban J connectivity index is 1.72. The zero-order valence-electron chi connectivity index (χ0n) is 11.3. The summed E-state index contributed by atoms with van der Waals surface area (Å²) >= 11 is 0. The fourth-order valence-electron chi connectivity index (χ4n) is 1.96. The summed E-state index contributed by atoms with van der Waals surface area (Å²) in [6, 6.07) is 14.1. The van der Waals surface area contributed by atoms with Crippen molar-refractivity contribution in [2.45, 2.75) is 0 Å². The van der Waals surface area contributed by atoms with Gasteiger partial charge in [0.05, 0.1) is 13.4 Å². The lowest BCUT2D eigenvalue weighted by Crippen LogP contribution is -2.16. The van der Waals surface area contributed by atoms with E-state index in [-0.39, 0.29) is 0 Å². The van der Waals surface area contributed by atoms with Crippen LogP contribution in [0.2, 0.25) is 0 Å². The minimum Gasteiger partial charge on any atom is -0.497 e. The lowest BCUT2D eigenvalue weighted by Gasteiger charge is -2.07. The molecule has 1 heterocycles. The predicted molar refractivity (Wildman–Crippen MR) is 78.9 cm³/mol. The summed E-state index contributed by atoms with van der Waals surface area (Å²) in [5.74, 6) is 1.10. The zero-order chi connectivity index (χ0) is 14.7. The molecule has 0 fully saturated rings. The van der Waals surface area contributed by atoms with Crippen LogP contribution in [-0.4, -0.2) is 13.2 Å². The quantitative estimate of drug-likeness (QED) is 0.787. The summed E-state index contributed by atoms with van der Waals surface area (Å²) in [4.78, 5) is 11.9. The minimum atomic E-state index is -0.580. The number of fused-ring (bicyclic) bond motifs is 1. The van der Waals surface area contributed by atoms with Crippen LogP contribution in [0.4, 0.5) is 10.5 Å². The van der Waals surface area contributed by atoms with E-state index in [0.717, 1.165) is 5.39 Å². The van der Waals surface area contributed by atoms with Crippen molar-refractivity contribution in [2.24, 2.45) is 0 Å². The topological polar surface area (TPSA) is 60.7 Å². The highest BCUT2D eigenvalue weighted by Crippen LogP contribution is 2.26. The molecular formula is C16H13NO4. The van der Waals surface area contributed by atoms with E-state index in [9.17, 15) is 4.79 Å². The third-order valence-corrected chi connectivity index (χ3v) is 2.98. The van der Waals surface area contributed by atoms with E-state index in [1.54, 1.807) is 49.8 Å². The number of amides is 1. The maximum absolute atomic E-state index is 11.9. The number of anilines is 1. The molecule has 0 spiro atoms. The summed E-state index contributed by atoms with van der Waals surface area (Å²) in [7, 11) is 1.58. The van der Waals surface area contributed by atoms with Gasteiger partial charge in [0.1, 0.15) is 5.75 Å². The van der Waals surface area contributed by atoms with Crippen LogP contribution in [0, 0.1) is 0 Å². The molecule has 1 aromatic heterocycles. The fourth-order valence-corrected chi connectivity index (χ4v) is 1.96. The Hall–Kier alpha value is -2.95. The largest absolute Gasteiger partial charge is 0.497 e.